The zero-order valence-corrected chi connectivity index (χ0v) is 19.4. The summed E-state index contributed by atoms with van der Waals surface area (Å²) in [6.45, 7) is 5.04. The largest absolute Gasteiger partial charge is 0.489 e. The predicted molar refractivity (Wildman–Crippen MR) is 121 cm³/mol. The first-order valence-corrected chi connectivity index (χ1v) is 10.2. The maximum Gasteiger partial charge on any atom is 0.416 e. The van der Waals surface area contributed by atoms with Crippen molar-refractivity contribution in [3.63, 3.8) is 0 Å². The number of esters is 1. The van der Waals surface area contributed by atoms with Gasteiger partial charge in [0.25, 0.3) is 5.91 Å². The molecule has 2 aromatic carbocycles. The monoisotopic (exact) mass is 456 g/mol. The van der Waals surface area contributed by atoms with Crippen LogP contribution >= 0.6 is 0 Å². The molecule has 0 heterocycles. The number of ether oxygens (including phenoxy) is 3. The van der Waals surface area contributed by atoms with Gasteiger partial charge >= 0.3 is 12.1 Å². The van der Waals surface area contributed by atoms with E-state index in [4.69, 9.17) is 19.0 Å². The van der Waals surface area contributed by atoms with Crippen molar-refractivity contribution >= 4 is 23.7 Å². The minimum Gasteiger partial charge on any atom is -0.489 e. The van der Waals surface area contributed by atoms with E-state index in [1.807, 2.05) is 38.1 Å². The van der Waals surface area contributed by atoms with E-state index < -0.39 is 18.0 Å². The summed E-state index contributed by atoms with van der Waals surface area (Å²) in [7, 11) is 2.57. The zero-order valence-electron chi connectivity index (χ0n) is 19.4. The van der Waals surface area contributed by atoms with Gasteiger partial charge in [-0.3, -0.25) is 9.59 Å². The summed E-state index contributed by atoms with van der Waals surface area (Å²) < 4.78 is 15.7. The number of carbonyl (C=O) groups excluding carboxylic acids is 3. The molecule has 0 unspecified atom stereocenters. The first-order chi connectivity index (χ1) is 15.7. The van der Waals surface area contributed by atoms with Gasteiger partial charge in [-0.1, -0.05) is 41.6 Å². The molecule has 0 saturated carbocycles. The molecule has 2 rings (SSSR count). The van der Waals surface area contributed by atoms with E-state index in [9.17, 15) is 14.4 Å². The Morgan fingerprint density at radius 2 is 1.70 bits per heavy atom. The zero-order chi connectivity index (χ0) is 24.4. The van der Waals surface area contributed by atoms with Crippen LogP contribution in [0.5, 0.6) is 5.75 Å². The Balaban J connectivity index is 2.19. The number of hydrogen-bond acceptors (Lipinski definition) is 8. The van der Waals surface area contributed by atoms with E-state index in [0.29, 0.717) is 11.1 Å². The predicted octanol–water partition coefficient (Wildman–Crippen LogP) is 3.39. The third-order valence-electron chi connectivity index (χ3n) is 4.58. The molecule has 176 valence electrons. The van der Waals surface area contributed by atoms with E-state index in [2.05, 4.69) is 5.16 Å². The highest BCUT2D eigenvalue weighted by Crippen LogP contribution is 2.22. The second-order valence-corrected chi connectivity index (χ2v) is 7.16. The molecule has 0 bridgehead atoms. The molecule has 0 aliphatic rings. The molecule has 9 heteroatoms. The SMILES string of the molecule is CON=C(C(=O)N(C)C(=O)OCCOC(C)=O)c1ccccc1COc1cc(C)ccc1C. The van der Waals surface area contributed by atoms with Crippen molar-refractivity contribution in [2.45, 2.75) is 27.4 Å². The lowest BCUT2D eigenvalue weighted by Crippen LogP contribution is -2.39. The lowest BCUT2D eigenvalue weighted by Gasteiger charge is -2.18. The van der Waals surface area contributed by atoms with Crippen LogP contribution in [-0.2, 0) is 30.5 Å². The first-order valence-electron chi connectivity index (χ1n) is 10.2. The van der Waals surface area contributed by atoms with E-state index in [0.717, 1.165) is 21.8 Å². The van der Waals surface area contributed by atoms with Crippen LogP contribution < -0.4 is 4.74 Å². The molecule has 0 aliphatic heterocycles. The lowest BCUT2D eigenvalue weighted by molar-refractivity contribution is -0.142. The molecule has 2 amide bonds. The van der Waals surface area contributed by atoms with Crippen LogP contribution in [0, 0.1) is 13.8 Å². The van der Waals surface area contributed by atoms with Gasteiger partial charge in [-0.05, 0) is 36.6 Å². The van der Waals surface area contributed by atoms with Crippen molar-refractivity contribution in [2.75, 3.05) is 27.4 Å². The molecule has 0 atom stereocenters. The van der Waals surface area contributed by atoms with Crippen LogP contribution in [0.4, 0.5) is 4.79 Å². The number of amides is 2. The number of imide groups is 1. The van der Waals surface area contributed by atoms with Crippen LogP contribution in [0.1, 0.15) is 29.2 Å². The maximum absolute atomic E-state index is 13.0. The fourth-order valence-electron chi connectivity index (χ4n) is 2.84. The summed E-state index contributed by atoms with van der Waals surface area (Å²) in [5, 5.41) is 3.86. The van der Waals surface area contributed by atoms with Crippen molar-refractivity contribution in [1.29, 1.82) is 0 Å². The third-order valence-corrected chi connectivity index (χ3v) is 4.58. The number of carbonyl (C=O) groups is 3. The average Bonchev–Trinajstić information content (AvgIpc) is 2.80. The van der Waals surface area contributed by atoms with Crippen LogP contribution in [0.2, 0.25) is 0 Å². The Hall–Kier alpha value is -3.88. The summed E-state index contributed by atoms with van der Waals surface area (Å²) in [4.78, 5) is 41.7. The van der Waals surface area contributed by atoms with E-state index in [1.165, 1.54) is 21.1 Å². The Morgan fingerprint density at radius 3 is 2.39 bits per heavy atom. The Kier molecular flexibility index (Phi) is 9.41. The topological polar surface area (TPSA) is 104 Å². The Bertz CT molecular complexity index is 1030. The highest BCUT2D eigenvalue weighted by Gasteiger charge is 2.27. The summed E-state index contributed by atoms with van der Waals surface area (Å²) in [5.41, 5.74) is 3.09. The van der Waals surface area contributed by atoms with Gasteiger partial charge in [-0.15, -0.1) is 0 Å². The minimum absolute atomic E-state index is 0.0860. The summed E-state index contributed by atoms with van der Waals surface area (Å²) in [6.07, 6.45) is -0.917. The van der Waals surface area contributed by atoms with E-state index >= 15 is 0 Å². The highest BCUT2D eigenvalue weighted by atomic mass is 16.6. The lowest BCUT2D eigenvalue weighted by atomic mass is 10.0. The van der Waals surface area contributed by atoms with Gasteiger partial charge in [-0.25, -0.2) is 9.69 Å². The molecule has 0 N–H and O–H groups in total. The van der Waals surface area contributed by atoms with Crippen molar-refractivity contribution in [3.8, 4) is 5.75 Å². The van der Waals surface area contributed by atoms with Crippen LogP contribution in [0.3, 0.4) is 0 Å². The van der Waals surface area contributed by atoms with Crippen molar-refractivity contribution in [2.24, 2.45) is 5.16 Å². The normalized spacial score (nSPS) is 10.9. The van der Waals surface area contributed by atoms with Crippen LogP contribution in [0.15, 0.2) is 47.6 Å². The second-order valence-electron chi connectivity index (χ2n) is 7.16. The summed E-state index contributed by atoms with van der Waals surface area (Å²) in [6, 6.07) is 13.0. The maximum atomic E-state index is 13.0. The molecule has 9 nitrogen and oxygen atoms in total. The van der Waals surface area contributed by atoms with E-state index in [-0.39, 0.29) is 25.5 Å². The van der Waals surface area contributed by atoms with Gasteiger partial charge in [0.1, 0.15) is 32.7 Å². The number of oxime groups is 1. The fraction of sp³-hybridized carbons (Fsp3) is 0.333. The van der Waals surface area contributed by atoms with Crippen molar-refractivity contribution in [3.05, 3.63) is 64.7 Å². The molecule has 0 aromatic heterocycles. The number of rotatable bonds is 9. The summed E-state index contributed by atoms with van der Waals surface area (Å²) in [5.74, 6) is -0.493. The second kappa shape index (κ2) is 12.2. The van der Waals surface area contributed by atoms with Crippen LogP contribution in [0.25, 0.3) is 0 Å². The Labute approximate surface area is 192 Å². The highest BCUT2D eigenvalue weighted by molar-refractivity contribution is 6.47. The smallest absolute Gasteiger partial charge is 0.416 e. The minimum atomic E-state index is -0.917. The molecule has 0 saturated heterocycles. The van der Waals surface area contributed by atoms with Crippen molar-refractivity contribution in [1.82, 2.24) is 4.90 Å². The summed E-state index contributed by atoms with van der Waals surface area (Å²) >= 11 is 0. The van der Waals surface area contributed by atoms with Crippen LogP contribution in [-0.4, -0.2) is 56.0 Å². The van der Waals surface area contributed by atoms with Gasteiger partial charge in [-0.2, -0.15) is 0 Å². The number of hydrogen-bond donors (Lipinski definition) is 0. The molecular weight excluding hydrogens is 428 g/mol. The molecule has 2 aromatic rings. The number of aryl methyl sites for hydroxylation is 2. The molecule has 0 aliphatic carbocycles. The molecule has 0 radical (unpaired) electrons. The number of likely N-dealkylation sites (N-methyl/N-ethyl adjacent to an activating group) is 1. The number of benzene rings is 2. The van der Waals surface area contributed by atoms with Crippen molar-refractivity contribution < 1.29 is 33.4 Å². The Morgan fingerprint density at radius 1 is 1.00 bits per heavy atom. The first kappa shape index (κ1) is 25.4. The molecular formula is C24H28N2O7. The van der Waals surface area contributed by atoms with Gasteiger partial charge in [0.2, 0.25) is 0 Å². The average molecular weight is 456 g/mol. The molecule has 0 spiro atoms. The van der Waals surface area contributed by atoms with Gasteiger partial charge in [0.15, 0.2) is 5.71 Å². The van der Waals surface area contributed by atoms with Gasteiger partial charge in [0, 0.05) is 19.5 Å². The van der Waals surface area contributed by atoms with Gasteiger partial charge < -0.3 is 19.0 Å². The molecule has 0 fully saturated rings. The quantitative estimate of drug-likeness (QED) is 0.247. The molecule has 33 heavy (non-hydrogen) atoms. The third kappa shape index (κ3) is 7.34. The fourth-order valence-corrected chi connectivity index (χ4v) is 2.84. The standard InChI is InChI=1S/C24H28N2O7/c1-16-10-11-17(2)21(14-16)33-15-19-8-6-7-9-20(19)22(25-30-5)23(28)26(4)24(29)32-13-12-31-18(3)27/h6-11,14H,12-13,15H2,1-5H3. The van der Waals surface area contributed by atoms with Gasteiger partial charge in [0.05, 0.1) is 0 Å². The number of nitrogens with zero attached hydrogens (tertiary/aromatic N) is 2. The van der Waals surface area contributed by atoms with E-state index in [1.54, 1.807) is 18.2 Å².